The van der Waals surface area contributed by atoms with E-state index < -0.39 is 0 Å². The normalized spacial score (nSPS) is 14.9. The number of amides is 2. The van der Waals surface area contributed by atoms with E-state index in [9.17, 15) is 9.59 Å². The third-order valence-electron chi connectivity index (χ3n) is 6.68. The van der Waals surface area contributed by atoms with Gasteiger partial charge in [-0.15, -0.1) is 11.3 Å². The van der Waals surface area contributed by atoms with Crippen molar-refractivity contribution >= 4 is 23.2 Å². The van der Waals surface area contributed by atoms with Gasteiger partial charge in [0.2, 0.25) is 5.91 Å². The highest BCUT2D eigenvalue weighted by Crippen LogP contribution is 2.34. The number of carbonyl (C=O) groups is 2. The summed E-state index contributed by atoms with van der Waals surface area (Å²) in [4.78, 5) is 31.5. The molecular weight excluding hydrogens is 472 g/mol. The van der Waals surface area contributed by atoms with E-state index in [1.54, 1.807) is 47.6 Å². The highest BCUT2D eigenvalue weighted by atomic mass is 32.1. The Labute approximate surface area is 217 Å². The van der Waals surface area contributed by atoms with Gasteiger partial charge in [-0.1, -0.05) is 32.0 Å². The summed E-state index contributed by atoms with van der Waals surface area (Å²) in [5.74, 6) is 1.60. The first-order valence-corrected chi connectivity index (χ1v) is 13.3. The Balaban J connectivity index is 1.49. The molecule has 1 atom stereocenters. The summed E-state index contributed by atoms with van der Waals surface area (Å²) in [6, 6.07) is 17.1. The topological polar surface area (TPSA) is 59.1 Å². The van der Waals surface area contributed by atoms with Crippen molar-refractivity contribution in [2.45, 2.75) is 39.2 Å². The molecule has 6 nitrogen and oxygen atoms in total. The fourth-order valence-electron chi connectivity index (χ4n) is 4.52. The van der Waals surface area contributed by atoms with Gasteiger partial charge in [-0.05, 0) is 72.2 Å². The van der Waals surface area contributed by atoms with Crippen LogP contribution in [0.2, 0.25) is 0 Å². The van der Waals surface area contributed by atoms with Gasteiger partial charge in [0.15, 0.2) is 0 Å². The lowest BCUT2D eigenvalue weighted by atomic mass is 10.00. The van der Waals surface area contributed by atoms with Crippen LogP contribution in [-0.4, -0.2) is 55.0 Å². The van der Waals surface area contributed by atoms with Crippen molar-refractivity contribution in [2.75, 3.05) is 33.4 Å². The first-order chi connectivity index (χ1) is 17.4. The summed E-state index contributed by atoms with van der Waals surface area (Å²) in [7, 11) is 1.57. The van der Waals surface area contributed by atoms with Crippen LogP contribution < -0.4 is 9.47 Å². The molecular formula is C29H34N2O4S. The molecule has 0 spiro atoms. The van der Waals surface area contributed by atoms with E-state index in [2.05, 4.69) is 37.4 Å². The number of ether oxygens (including phenoxy) is 2. The lowest BCUT2D eigenvalue weighted by molar-refractivity contribution is -0.135. The number of nitrogens with zero attached hydrogens (tertiary/aromatic N) is 2. The zero-order valence-electron chi connectivity index (χ0n) is 21.4. The number of fused-ring (bicyclic) bond motifs is 1. The second-order valence-corrected chi connectivity index (χ2v) is 10.2. The Morgan fingerprint density at radius 3 is 2.58 bits per heavy atom. The van der Waals surface area contributed by atoms with E-state index in [-0.39, 0.29) is 24.4 Å². The summed E-state index contributed by atoms with van der Waals surface area (Å²) in [6.07, 6.45) is 0.814. The van der Waals surface area contributed by atoms with Crippen LogP contribution in [0, 0.1) is 0 Å². The summed E-state index contributed by atoms with van der Waals surface area (Å²) in [6.45, 7) is 7.65. The second-order valence-electron chi connectivity index (χ2n) is 9.24. The molecule has 0 saturated carbocycles. The molecule has 0 radical (unpaired) electrons. The molecule has 2 heterocycles. The quantitative estimate of drug-likeness (QED) is 0.382. The van der Waals surface area contributed by atoms with Crippen LogP contribution in [0.4, 0.5) is 0 Å². The van der Waals surface area contributed by atoms with Crippen LogP contribution in [0.3, 0.4) is 0 Å². The molecule has 0 saturated heterocycles. The maximum absolute atomic E-state index is 13.6. The molecule has 1 aromatic heterocycles. The molecule has 1 aliphatic heterocycles. The number of carbonyl (C=O) groups excluding carboxylic acids is 2. The number of likely N-dealkylation sites (N-methyl/N-ethyl adjacent to an activating group) is 1. The number of hydrogen-bond donors (Lipinski definition) is 0. The largest absolute Gasteiger partial charge is 0.497 e. The SMILES string of the molecule is CCN(CC(=O)N1CCc2sccc2[C@H]1COc1ccc(C(C)C)cc1)C(=O)c1cccc(OC)c1. The van der Waals surface area contributed by atoms with Gasteiger partial charge in [0.05, 0.1) is 13.2 Å². The van der Waals surface area contributed by atoms with Gasteiger partial charge in [0.25, 0.3) is 5.91 Å². The van der Waals surface area contributed by atoms with Crippen LogP contribution in [-0.2, 0) is 11.2 Å². The molecule has 0 bridgehead atoms. The van der Waals surface area contributed by atoms with Crippen molar-refractivity contribution in [3.63, 3.8) is 0 Å². The van der Waals surface area contributed by atoms with Crippen molar-refractivity contribution in [1.82, 2.24) is 9.80 Å². The first-order valence-electron chi connectivity index (χ1n) is 12.4. The van der Waals surface area contributed by atoms with Crippen LogP contribution in [0.1, 0.15) is 59.1 Å². The maximum atomic E-state index is 13.6. The van der Waals surface area contributed by atoms with Gasteiger partial charge < -0.3 is 19.3 Å². The smallest absolute Gasteiger partial charge is 0.254 e. The van der Waals surface area contributed by atoms with E-state index in [1.807, 2.05) is 24.0 Å². The standard InChI is InChI=1S/C29H34N2O4S/c1-5-30(29(33)22-7-6-8-24(17-22)34-4)18-28(32)31-15-13-27-25(14-16-36-27)26(31)19-35-23-11-9-21(10-12-23)20(2)3/h6-12,14,16-17,20,26H,5,13,15,18-19H2,1-4H3/t26-/m1/s1. The molecule has 190 valence electrons. The summed E-state index contributed by atoms with van der Waals surface area (Å²) >= 11 is 1.72. The minimum Gasteiger partial charge on any atom is -0.497 e. The number of thiophene rings is 1. The highest BCUT2D eigenvalue weighted by molar-refractivity contribution is 7.10. The van der Waals surface area contributed by atoms with Gasteiger partial charge in [-0.3, -0.25) is 9.59 Å². The Kier molecular flexibility index (Phi) is 8.31. The first kappa shape index (κ1) is 25.8. The van der Waals surface area contributed by atoms with Gasteiger partial charge in [-0.2, -0.15) is 0 Å². The summed E-state index contributed by atoms with van der Waals surface area (Å²) in [5.41, 5.74) is 2.91. The fourth-order valence-corrected chi connectivity index (χ4v) is 5.45. The second kappa shape index (κ2) is 11.6. The minimum atomic E-state index is -0.192. The molecule has 0 unspecified atom stereocenters. The molecule has 0 N–H and O–H groups in total. The van der Waals surface area contributed by atoms with Crippen molar-refractivity contribution in [3.8, 4) is 11.5 Å². The third-order valence-corrected chi connectivity index (χ3v) is 7.68. The number of rotatable bonds is 9. The molecule has 2 amide bonds. The molecule has 4 rings (SSSR count). The summed E-state index contributed by atoms with van der Waals surface area (Å²) < 4.78 is 11.4. The van der Waals surface area contributed by atoms with Crippen molar-refractivity contribution in [1.29, 1.82) is 0 Å². The zero-order valence-corrected chi connectivity index (χ0v) is 22.2. The third kappa shape index (κ3) is 5.73. The van der Waals surface area contributed by atoms with E-state index in [0.29, 0.717) is 36.9 Å². The minimum absolute atomic E-state index is 0.0194. The van der Waals surface area contributed by atoms with E-state index in [1.165, 1.54) is 10.4 Å². The van der Waals surface area contributed by atoms with Gasteiger partial charge in [-0.25, -0.2) is 0 Å². The van der Waals surface area contributed by atoms with Crippen LogP contribution in [0.15, 0.2) is 60.0 Å². The van der Waals surface area contributed by atoms with Gasteiger partial charge in [0.1, 0.15) is 24.7 Å². The maximum Gasteiger partial charge on any atom is 0.254 e. The monoisotopic (exact) mass is 506 g/mol. The molecule has 36 heavy (non-hydrogen) atoms. The molecule has 2 aromatic carbocycles. The molecule has 0 fully saturated rings. The highest BCUT2D eigenvalue weighted by Gasteiger charge is 2.33. The van der Waals surface area contributed by atoms with Crippen molar-refractivity contribution < 1.29 is 19.1 Å². The number of hydrogen-bond acceptors (Lipinski definition) is 5. The average Bonchev–Trinajstić information content (AvgIpc) is 3.39. The van der Waals surface area contributed by atoms with E-state index in [4.69, 9.17) is 9.47 Å². The lowest BCUT2D eigenvalue weighted by Crippen LogP contribution is -2.47. The Bertz CT molecular complexity index is 1190. The zero-order chi connectivity index (χ0) is 25.7. The Hall–Kier alpha value is -3.32. The van der Waals surface area contributed by atoms with Crippen molar-refractivity contribution in [2.24, 2.45) is 0 Å². The Morgan fingerprint density at radius 2 is 1.89 bits per heavy atom. The van der Waals surface area contributed by atoms with Crippen molar-refractivity contribution in [3.05, 3.63) is 81.5 Å². The molecule has 1 aliphatic rings. The van der Waals surface area contributed by atoms with Gasteiger partial charge >= 0.3 is 0 Å². The van der Waals surface area contributed by atoms with Crippen LogP contribution >= 0.6 is 11.3 Å². The number of benzene rings is 2. The van der Waals surface area contributed by atoms with Crippen LogP contribution in [0.25, 0.3) is 0 Å². The van der Waals surface area contributed by atoms with Crippen LogP contribution in [0.5, 0.6) is 11.5 Å². The molecule has 3 aromatic rings. The molecule has 0 aliphatic carbocycles. The predicted octanol–water partition coefficient (Wildman–Crippen LogP) is 5.55. The lowest BCUT2D eigenvalue weighted by Gasteiger charge is -2.37. The van der Waals surface area contributed by atoms with E-state index in [0.717, 1.165) is 17.7 Å². The fraction of sp³-hybridized carbons (Fsp3) is 0.379. The Morgan fingerprint density at radius 1 is 1.11 bits per heavy atom. The number of methoxy groups -OCH3 is 1. The van der Waals surface area contributed by atoms with Gasteiger partial charge in [0, 0.05) is 23.5 Å². The molecule has 7 heteroatoms. The van der Waals surface area contributed by atoms with E-state index >= 15 is 0 Å². The predicted molar refractivity (Wildman–Crippen MR) is 143 cm³/mol. The average molecular weight is 507 g/mol. The summed E-state index contributed by atoms with van der Waals surface area (Å²) in [5, 5.41) is 2.08.